The van der Waals surface area contributed by atoms with Gasteiger partial charge in [0.15, 0.2) is 20.7 Å². The Bertz CT molecular complexity index is 702. The average Bonchev–Trinajstić information content (AvgIpc) is 3.02. The molecule has 1 heterocycles. The third kappa shape index (κ3) is 3.01. The normalized spacial score (nSPS) is 18.3. The van der Waals surface area contributed by atoms with Crippen LogP contribution in [0.25, 0.3) is 0 Å². The molecule has 0 amide bonds. The van der Waals surface area contributed by atoms with Crippen molar-refractivity contribution >= 4 is 9.84 Å². The van der Waals surface area contributed by atoms with E-state index in [9.17, 15) is 39.9 Å². The van der Waals surface area contributed by atoms with Crippen LogP contribution in [-0.2, 0) is 15.4 Å². The number of sulfone groups is 1. The summed E-state index contributed by atoms with van der Waals surface area (Å²) in [6.07, 6.45) is -9.54. The minimum atomic E-state index is -6.13. The Kier molecular flexibility index (Phi) is 4.45. The molecule has 0 radical (unpaired) electrons. The van der Waals surface area contributed by atoms with Crippen molar-refractivity contribution in [2.45, 2.75) is 54.6 Å². The fourth-order valence-electron chi connectivity index (χ4n) is 2.73. The first-order valence-corrected chi connectivity index (χ1v) is 8.75. The lowest BCUT2D eigenvalue weighted by Crippen LogP contribution is -2.54. The van der Waals surface area contributed by atoms with Crippen LogP contribution in [-0.4, -0.2) is 42.1 Å². The number of hydrogen-bond donors (Lipinski definition) is 2. The first-order chi connectivity index (χ1) is 10.7. The van der Waals surface area contributed by atoms with E-state index in [1.165, 1.54) is 0 Å². The Balaban J connectivity index is 2.70. The number of halogens is 6. The lowest BCUT2D eigenvalue weighted by Gasteiger charge is -2.30. The summed E-state index contributed by atoms with van der Waals surface area (Å²) >= 11 is 0. The van der Waals surface area contributed by atoms with E-state index in [1.54, 1.807) is 4.98 Å². The minimum Gasteiger partial charge on any atom is -0.367 e. The van der Waals surface area contributed by atoms with Crippen molar-refractivity contribution in [3.8, 4) is 0 Å². The molecule has 0 saturated heterocycles. The second-order valence-electron chi connectivity index (χ2n) is 5.76. The van der Waals surface area contributed by atoms with Gasteiger partial charge in [0.05, 0.1) is 5.69 Å². The smallest absolute Gasteiger partial charge is 0.367 e. The summed E-state index contributed by atoms with van der Waals surface area (Å²) in [5, 5.41) is 8.54. The van der Waals surface area contributed by atoms with Crippen LogP contribution in [0.4, 0.5) is 26.3 Å². The fourth-order valence-corrected chi connectivity index (χ4v) is 3.60. The van der Waals surface area contributed by atoms with E-state index in [-0.39, 0.29) is 0 Å². The second kappa shape index (κ2) is 5.61. The highest BCUT2D eigenvalue weighted by Gasteiger charge is 2.73. The third-order valence-corrected chi connectivity index (χ3v) is 5.03. The molecule has 0 aliphatic heterocycles. The van der Waals surface area contributed by atoms with Crippen molar-refractivity contribution in [1.82, 2.24) is 9.97 Å². The summed E-state index contributed by atoms with van der Waals surface area (Å²) in [5.74, 6) is -2.46. The lowest BCUT2D eigenvalue weighted by atomic mass is 10.0. The number of aliphatic hydroxyl groups is 1. The van der Waals surface area contributed by atoms with Crippen molar-refractivity contribution in [1.29, 1.82) is 0 Å². The maximum absolute atomic E-state index is 12.9. The van der Waals surface area contributed by atoms with Crippen molar-refractivity contribution in [3.05, 3.63) is 11.5 Å². The van der Waals surface area contributed by atoms with Gasteiger partial charge < -0.3 is 10.1 Å². The summed E-state index contributed by atoms with van der Waals surface area (Å²) in [7, 11) is -4.17. The number of H-pyrrole nitrogens is 1. The van der Waals surface area contributed by atoms with E-state index < -0.39 is 50.3 Å². The zero-order valence-corrected chi connectivity index (χ0v) is 13.1. The van der Waals surface area contributed by atoms with Gasteiger partial charge in [0.1, 0.15) is 0 Å². The van der Waals surface area contributed by atoms with Crippen molar-refractivity contribution < 1.29 is 39.9 Å². The topological polar surface area (TPSA) is 83.0 Å². The average molecular weight is 380 g/mol. The van der Waals surface area contributed by atoms with Crippen LogP contribution in [0, 0.1) is 0 Å². The van der Waals surface area contributed by atoms with Crippen molar-refractivity contribution in [2.24, 2.45) is 0 Å². The number of aromatic amines is 1. The highest BCUT2D eigenvalue weighted by Crippen LogP contribution is 2.50. The maximum atomic E-state index is 12.9. The molecule has 5 nitrogen and oxygen atoms in total. The molecule has 2 rings (SSSR count). The molecule has 1 saturated carbocycles. The zero-order chi connectivity index (χ0) is 18.6. The largest absolute Gasteiger partial charge is 0.433 e. The van der Waals surface area contributed by atoms with Crippen molar-refractivity contribution in [3.63, 3.8) is 0 Å². The Hall–Kier alpha value is -1.30. The number of imidazole rings is 1. The SMILES string of the molecule is CS(=O)(=O)c1[nH]c(C(O)(C(F)(F)F)C(F)(F)F)nc1C1CCCC1. The third-order valence-electron chi connectivity index (χ3n) is 3.97. The van der Waals surface area contributed by atoms with Gasteiger partial charge in [-0.2, -0.15) is 26.3 Å². The van der Waals surface area contributed by atoms with Gasteiger partial charge in [0.25, 0.3) is 0 Å². The summed E-state index contributed by atoms with van der Waals surface area (Å²) in [6.45, 7) is 0. The molecule has 0 spiro atoms. The Morgan fingerprint density at radius 2 is 1.54 bits per heavy atom. The Morgan fingerprint density at radius 3 is 1.92 bits per heavy atom. The van der Waals surface area contributed by atoms with Crippen LogP contribution in [0.3, 0.4) is 0 Å². The van der Waals surface area contributed by atoms with Crippen LogP contribution in [0.5, 0.6) is 0 Å². The molecule has 0 aromatic carbocycles. The van der Waals surface area contributed by atoms with Gasteiger partial charge in [-0.25, -0.2) is 13.4 Å². The van der Waals surface area contributed by atoms with Gasteiger partial charge >= 0.3 is 18.0 Å². The van der Waals surface area contributed by atoms with Crippen LogP contribution in [0.1, 0.15) is 43.1 Å². The molecule has 0 unspecified atom stereocenters. The van der Waals surface area contributed by atoms with Crippen LogP contribution >= 0.6 is 0 Å². The number of rotatable bonds is 3. The monoisotopic (exact) mass is 380 g/mol. The Labute approximate surface area is 133 Å². The van der Waals surface area contributed by atoms with Gasteiger partial charge in [0, 0.05) is 12.2 Å². The zero-order valence-electron chi connectivity index (χ0n) is 12.3. The van der Waals surface area contributed by atoms with E-state index in [4.69, 9.17) is 0 Å². The molecule has 1 aliphatic carbocycles. The second-order valence-corrected chi connectivity index (χ2v) is 7.71. The highest BCUT2D eigenvalue weighted by molar-refractivity contribution is 7.90. The molecular weight excluding hydrogens is 366 g/mol. The van der Waals surface area contributed by atoms with E-state index in [2.05, 4.69) is 4.98 Å². The predicted molar refractivity (Wildman–Crippen MR) is 68.9 cm³/mol. The molecular formula is C12H14F6N2O3S. The predicted octanol–water partition coefficient (Wildman–Crippen LogP) is 2.78. The summed E-state index contributed by atoms with van der Waals surface area (Å²) < 4.78 is 101. The van der Waals surface area contributed by atoms with E-state index >= 15 is 0 Å². The first-order valence-electron chi connectivity index (χ1n) is 6.86. The summed E-state index contributed by atoms with van der Waals surface area (Å²) in [4.78, 5) is 4.80. The number of nitrogens with one attached hydrogen (secondary N) is 1. The summed E-state index contributed by atoms with van der Waals surface area (Å²) in [5.41, 5.74) is -5.67. The maximum Gasteiger partial charge on any atom is 0.433 e. The highest BCUT2D eigenvalue weighted by atomic mass is 32.2. The van der Waals surface area contributed by atoms with Crippen molar-refractivity contribution in [2.75, 3.05) is 6.26 Å². The quantitative estimate of drug-likeness (QED) is 0.790. The molecule has 1 aromatic rings. The number of nitrogens with zero attached hydrogens (tertiary/aromatic N) is 1. The molecule has 2 N–H and O–H groups in total. The van der Waals surface area contributed by atoms with Gasteiger partial charge in [-0.05, 0) is 12.8 Å². The van der Waals surface area contributed by atoms with Gasteiger partial charge in [-0.15, -0.1) is 0 Å². The molecule has 0 atom stereocenters. The van der Waals surface area contributed by atoms with E-state index in [0.717, 1.165) is 0 Å². The van der Waals surface area contributed by atoms with Gasteiger partial charge in [-0.1, -0.05) is 12.8 Å². The molecule has 1 aromatic heterocycles. The first kappa shape index (κ1) is 19.0. The van der Waals surface area contributed by atoms with E-state index in [1.807, 2.05) is 0 Å². The molecule has 12 heteroatoms. The molecule has 0 bridgehead atoms. The number of aromatic nitrogens is 2. The van der Waals surface area contributed by atoms with Crippen LogP contribution in [0.2, 0.25) is 0 Å². The summed E-state index contributed by atoms with van der Waals surface area (Å²) in [6, 6.07) is 0. The van der Waals surface area contributed by atoms with Gasteiger partial charge in [0.2, 0.25) is 0 Å². The molecule has 138 valence electrons. The molecule has 1 aliphatic rings. The van der Waals surface area contributed by atoms with Crippen LogP contribution in [0.15, 0.2) is 5.03 Å². The number of hydrogen-bond acceptors (Lipinski definition) is 4. The molecule has 24 heavy (non-hydrogen) atoms. The van der Waals surface area contributed by atoms with E-state index in [0.29, 0.717) is 31.9 Å². The fraction of sp³-hybridized carbons (Fsp3) is 0.750. The Morgan fingerprint density at radius 1 is 1.08 bits per heavy atom. The standard InChI is InChI=1S/C12H14F6N2O3S/c1-24(22,23)8-7(6-4-2-3-5-6)19-9(20-8)10(21,11(13,14)15)12(16,17)18/h6,21H,2-5H2,1H3,(H,19,20). The van der Waals surface area contributed by atoms with Crippen LogP contribution < -0.4 is 0 Å². The number of alkyl halides is 6. The minimum absolute atomic E-state index is 0.392. The van der Waals surface area contributed by atoms with Gasteiger partial charge in [-0.3, -0.25) is 0 Å². The molecule has 1 fully saturated rings. The lowest BCUT2D eigenvalue weighted by molar-refractivity contribution is -0.378.